The third kappa shape index (κ3) is 9.24. The highest BCUT2D eigenvalue weighted by Gasteiger charge is 2.54. The summed E-state index contributed by atoms with van der Waals surface area (Å²) in [5.74, 6) is -2.30. The van der Waals surface area contributed by atoms with Crippen molar-refractivity contribution in [1.29, 1.82) is 0 Å². The molecule has 3 aromatic rings. The van der Waals surface area contributed by atoms with Crippen molar-refractivity contribution in [2.45, 2.75) is 65.1 Å². The van der Waals surface area contributed by atoms with Crippen molar-refractivity contribution in [1.82, 2.24) is 13.6 Å². The number of hydrogen-bond donors (Lipinski definition) is 1. The number of benzene rings is 2. The van der Waals surface area contributed by atoms with Gasteiger partial charge in [0.25, 0.3) is 20.1 Å². The van der Waals surface area contributed by atoms with Crippen molar-refractivity contribution >= 4 is 54.1 Å². The number of carbonyl (C=O) groups is 3. The Morgan fingerprint density at radius 3 is 2.02 bits per heavy atom. The van der Waals surface area contributed by atoms with E-state index in [9.17, 15) is 19.5 Å². The molecule has 1 aliphatic rings. The van der Waals surface area contributed by atoms with Crippen LogP contribution in [-0.2, 0) is 28.3 Å². The molecule has 1 amide bonds. The zero-order chi connectivity index (χ0) is 35.8. The number of hydrogen-bond acceptors (Lipinski definition) is 11. The van der Waals surface area contributed by atoms with E-state index in [4.69, 9.17) is 18.6 Å². The maximum atomic E-state index is 13.6. The van der Waals surface area contributed by atoms with Gasteiger partial charge < -0.3 is 33.5 Å². The van der Waals surface area contributed by atoms with Crippen LogP contribution >= 0.6 is 11.7 Å². The fourth-order valence-electron chi connectivity index (χ4n) is 6.11. The summed E-state index contributed by atoms with van der Waals surface area (Å²) in [6.45, 7) is 14.6. The zero-order valence-electron chi connectivity index (χ0n) is 29.4. The zero-order valence-corrected chi connectivity index (χ0v) is 31.2. The number of aliphatic carboxylic acids is 1. The first-order valence-corrected chi connectivity index (χ1v) is 19.0. The van der Waals surface area contributed by atoms with Crippen LogP contribution in [0.5, 0.6) is 5.88 Å². The molecule has 0 bridgehead atoms. The predicted molar refractivity (Wildman–Crippen MR) is 190 cm³/mol. The molecule has 0 aliphatic carbocycles. The number of anilines is 1. The smallest absolute Gasteiger partial charge is 0.332 e. The van der Waals surface area contributed by atoms with Crippen LogP contribution in [0.2, 0.25) is 5.04 Å². The average Bonchev–Trinajstić information content (AvgIpc) is 3.53. The van der Waals surface area contributed by atoms with Crippen molar-refractivity contribution < 1.29 is 38.1 Å². The molecule has 2 aromatic carbocycles. The Balaban J connectivity index is 1.82. The van der Waals surface area contributed by atoms with Crippen molar-refractivity contribution in [3.63, 3.8) is 0 Å². The van der Waals surface area contributed by atoms with Crippen LogP contribution in [0.3, 0.4) is 0 Å². The van der Waals surface area contributed by atoms with Gasteiger partial charge in [0.05, 0.1) is 31.5 Å². The van der Waals surface area contributed by atoms with Gasteiger partial charge in [-0.3, -0.25) is 9.59 Å². The van der Waals surface area contributed by atoms with E-state index in [1.54, 1.807) is 0 Å². The summed E-state index contributed by atoms with van der Waals surface area (Å²) in [7, 11) is -3.38. The summed E-state index contributed by atoms with van der Waals surface area (Å²) in [4.78, 5) is 42.3. The monoisotopic (exact) mass is 712 g/mol. The molecule has 0 spiro atoms. The number of rotatable bonds is 14. The van der Waals surface area contributed by atoms with Crippen molar-refractivity contribution in [2.24, 2.45) is 5.92 Å². The number of morpholine rings is 1. The second-order valence-electron chi connectivity index (χ2n) is 14.1. The van der Waals surface area contributed by atoms with Crippen LogP contribution in [0.4, 0.5) is 5.82 Å². The van der Waals surface area contributed by atoms with E-state index in [1.807, 2.05) is 86.3 Å². The van der Waals surface area contributed by atoms with Gasteiger partial charge in [0, 0.05) is 38.0 Å². The van der Waals surface area contributed by atoms with E-state index in [1.165, 1.54) is 11.8 Å². The number of carboxylic acids is 1. The van der Waals surface area contributed by atoms with Crippen LogP contribution < -0.4 is 20.0 Å². The molecule has 266 valence electrons. The molecule has 49 heavy (non-hydrogen) atoms. The molecule has 1 aliphatic heterocycles. The standard InChI is InChI=1S/C35H48N4O8SSi/c1-25(40)45-24-29(41)39(34(2,3)4)22-26(23-46-32-31(36-48-37-32)38-18-20-44-21-19-38)30(33(42)43)47-49(35(5,6)7,27-14-10-8-11-15-27)28-16-12-9-13-17-28/h8-17,26,30H,18-24H2,1-7H3,(H,42,43)/t26?,30-/m0/s1. The van der Waals surface area contributed by atoms with Gasteiger partial charge >= 0.3 is 11.9 Å². The van der Waals surface area contributed by atoms with E-state index < -0.39 is 55.4 Å². The summed E-state index contributed by atoms with van der Waals surface area (Å²) in [5, 5.41) is 12.3. The molecular weight excluding hydrogens is 665 g/mol. The molecule has 4 rings (SSSR count). The maximum absolute atomic E-state index is 13.6. The maximum Gasteiger partial charge on any atom is 0.332 e. The Morgan fingerprint density at radius 1 is 0.959 bits per heavy atom. The summed E-state index contributed by atoms with van der Waals surface area (Å²) >= 11 is 1.01. The van der Waals surface area contributed by atoms with Crippen LogP contribution in [0.25, 0.3) is 0 Å². The Morgan fingerprint density at radius 2 is 1.53 bits per heavy atom. The molecule has 14 heteroatoms. The minimum absolute atomic E-state index is 0.0662. The van der Waals surface area contributed by atoms with Crippen LogP contribution in [0.15, 0.2) is 60.7 Å². The van der Waals surface area contributed by atoms with E-state index >= 15 is 0 Å². The number of esters is 1. The Labute approximate surface area is 293 Å². The third-order valence-corrected chi connectivity index (χ3v) is 14.0. The first-order valence-electron chi connectivity index (χ1n) is 16.4. The fraction of sp³-hybridized carbons (Fsp3) is 0.514. The van der Waals surface area contributed by atoms with E-state index in [0.717, 1.165) is 22.1 Å². The van der Waals surface area contributed by atoms with Gasteiger partial charge in [-0.2, -0.15) is 4.37 Å². The largest absolute Gasteiger partial charge is 0.479 e. The van der Waals surface area contributed by atoms with Crippen molar-refractivity contribution in [2.75, 3.05) is 51.0 Å². The molecule has 12 nitrogen and oxygen atoms in total. The molecule has 0 radical (unpaired) electrons. The van der Waals surface area contributed by atoms with E-state index in [0.29, 0.717) is 32.1 Å². The van der Waals surface area contributed by atoms with Gasteiger partial charge in [0.1, 0.15) is 0 Å². The average molecular weight is 713 g/mol. The number of aromatic nitrogens is 2. The molecule has 1 fully saturated rings. The summed E-state index contributed by atoms with van der Waals surface area (Å²) in [6, 6.07) is 19.6. The Bertz CT molecular complexity index is 1500. The lowest BCUT2D eigenvalue weighted by Gasteiger charge is -2.46. The SMILES string of the molecule is CC(=O)OCC(=O)N(CC(COc1nsnc1N1CCOCC1)[C@H](O[Si](c1ccccc1)(c1ccccc1)C(C)(C)C)C(=O)O)C(C)(C)C. The molecule has 1 unspecified atom stereocenters. The second-order valence-corrected chi connectivity index (χ2v) is 18.8. The van der Waals surface area contributed by atoms with Crippen molar-refractivity contribution in [3.05, 3.63) is 60.7 Å². The molecule has 1 saturated heterocycles. The molecule has 2 atom stereocenters. The Kier molecular flexibility index (Phi) is 12.6. The molecule has 0 saturated carbocycles. The minimum atomic E-state index is -3.38. The van der Waals surface area contributed by atoms with Gasteiger partial charge in [-0.15, -0.1) is 4.37 Å². The minimum Gasteiger partial charge on any atom is -0.479 e. The molecule has 1 N–H and O–H groups in total. The van der Waals surface area contributed by atoms with Gasteiger partial charge in [-0.05, 0) is 36.2 Å². The lowest BCUT2D eigenvalue weighted by Crippen LogP contribution is -2.69. The molecule has 1 aromatic heterocycles. The van der Waals surface area contributed by atoms with Crippen LogP contribution in [0.1, 0.15) is 48.5 Å². The highest BCUT2D eigenvalue weighted by Crippen LogP contribution is 2.39. The fourth-order valence-corrected chi connectivity index (χ4v) is 11.3. The first-order chi connectivity index (χ1) is 23.1. The van der Waals surface area contributed by atoms with Gasteiger partial charge in [-0.25, -0.2) is 4.79 Å². The highest BCUT2D eigenvalue weighted by molar-refractivity contribution is 7.00. The first kappa shape index (κ1) is 38.0. The number of amides is 1. The quantitative estimate of drug-likeness (QED) is 0.194. The van der Waals surface area contributed by atoms with Crippen LogP contribution in [-0.4, -0.2) is 103 Å². The normalized spacial score (nSPS) is 15.3. The number of nitrogens with zero attached hydrogens (tertiary/aromatic N) is 4. The summed E-state index contributed by atoms with van der Waals surface area (Å²) < 4.78 is 32.9. The highest BCUT2D eigenvalue weighted by atomic mass is 32.1. The lowest BCUT2D eigenvalue weighted by atomic mass is 9.98. The van der Waals surface area contributed by atoms with Gasteiger partial charge in [0.2, 0.25) is 5.82 Å². The summed E-state index contributed by atoms with van der Waals surface area (Å²) in [6.07, 6.45) is -1.42. The van der Waals surface area contributed by atoms with Gasteiger partial charge in [0.15, 0.2) is 12.7 Å². The number of carboxylic acid groups (broad SMARTS) is 1. The summed E-state index contributed by atoms with van der Waals surface area (Å²) in [5.41, 5.74) is -0.767. The second kappa shape index (κ2) is 16.2. The topological polar surface area (TPSA) is 141 Å². The number of ether oxygens (including phenoxy) is 3. The van der Waals surface area contributed by atoms with E-state index in [2.05, 4.69) is 29.5 Å². The molecular formula is C35H48N4O8SSi. The predicted octanol–water partition coefficient (Wildman–Crippen LogP) is 3.59. The Hall–Kier alpha value is -3.85. The van der Waals surface area contributed by atoms with Crippen molar-refractivity contribution in [3.8, 4) is 5.88 Å². The van der Waals surface area contributed by atoms with Gasteiger partial charge in [-0.1, -0.05) is 81.4 Å². The third-order valence-electron chi connectivity index (χ3n) is 8.51. The number of carbonyl (C=O) groups excluding carboxylic acids is 2. The lowest BCUT2D eigenvalue weighted by molar-refractivity contribution is -0.156. The van der Waals surface area contributed by atoms with Crippen LogP contribution in [0, 0.1) is 5.92 Å². The van der Waals surface area contributed by atoms with E-state index in [-0.39, 0.29) is 19.0 Å². The molecule has 2 heterocycles.